The third kappa shape index (κ3) is 1.95. The summed E-state index contributed by atoms with van der Waals surface area (Å²) in [6.45, 7) is 4.61. The second-order valence-electron chi connectivity index (χ2n) is 3.89. The van der Waals surface area contributed by atoms with E-state index in [2.05, 4.69) is 28.9 Å². The summed E-state index contributed by atoms with van der Waals surface area (Å²) in [6, 6.07) is 6.79. The molecule has 2 rings (SSSR count). The summed E-state index contributed by atoms with van der Waals surface area (Å²) in [7, 11) is 0. The van der Waals surface area contributed by atoms with E-state index in [0.29, 0.717) is 6.04 Å². The first kappa shape index (κ1) is 9.66. The molecule has 0 unspecified atom stereocenters. The normalized spacial score (nSPS) is 23.6. The van der Waals surface area contributed by atoms with Gasteiger partial charge < -0.3 is 0 Å². The molecular weight excluding hydrogens is 172 g/mol. The number of nitrogens with zero attached hydrogens (tertiary/aromatic N) is 2. The fourth-order valence-electron chi connectivity index (χ4n) is 2.28. The molecule has 0 amide bonds. The molecule has 0 N–H and O–H groups in total. The first-order valence-electron chi connectivity index (χ1n) is 5.57. The Morgan fingerprint density at radius 1 is 1.43 bits per heavy atom. The first-order valence-corrected chi connectivity index (χ1v) is 5.57. The van der Waals surface area contributed by atoms with Crippen molar-refractivity contribution in [3.8, 4) is 0 Å². The van der Waals surface area contributed by atoms with Gasteiger partial charge in [-0.3, -0.25) is 9.88 Å². The summed E-state index contributed by atoms with van der Waals surface area (Å²) in [5.41, 5.74) is 1.24. The summed E-state index contributed by atoms with van der Waals surface area (Å²) < 4.78 is 0. The van der Waals surface area contributed by atoms with Gasteiger partial charge in [0.1, 0.15) is 0 Å². The van der Waals surface area contributed by atoms with Crippen molar-refractivity contribution in [2.45, 2.75) is 32.2 Å². The highest BCUT2D eigenvalue weighted by molar-refractivity contribution is 5.09. The van der Waals surface area contributed by atoms with Crippen LogP contribution in [0.15, 0.2) is 24.4 Å². The molecule has 2 heteroatoms. The van der Waals surface area contributed by atoms with Crippen LogP contribution in [-0.2, 0) is 0 Å². The van der Waals surface area contributed by atoms with Crippen LogP contribution in [0.25, 0.3) is 0 Å². The van der Waals surface area contributed by atoms with Gasteiger partial charge in [-0.1, -0.05) is 19.4 Å². The molecule has 1 saturated heterocycles. The highest BCUT2D eigenvalue weighted by Gasteiger charge is 2.22. The van der Waals surface area contributed by atoms with Gasteiger partial charge in [0.25, 0.3) is 0 Å². The molecule has 0 aromatic carbocycles. The van der Waals surface area contributed by atoms with Gasteiger partial charge in [-0.25, -0.2) is 0 Å². The number of hydrogen-bond acceptors (Lipinski definition) is 2. The van der Waals surface area contributed by atoms with Crippen LogP contribution in [0.1, 0.15) is 37.9 Å². The molecule has 1 aliphatic rings. The Morgan fingerprint density at radius 2 is 2.36 bits per heavy atom. The Bertz CT molecular complexity index is 271. The Balaban J connectivity index is 2.15. The van der Waals surface area contributed by atoms with Gasteiger partial charge >= 0.3 is 0 Å². The average Bonchev–Trinajstić information content (AvgIpc) is 2.30. The van der Waals surface area contributed by atoms with E-state index in [0.717, 1.165) is 6.54 Å². The SMILES string of the molecule is CCN1CCCC[C@@H]1c1ccccn1. The summed E-state index contributed by atoms with van der Waals surface area (Å²) in [6.07, 6.45) is 5.86. The van der Waals surface area contributed by atoms with E-state index in [9.17, 15) is 0 Å². The molecule has 1 aliphatic heterocycles. The lowest BCUT2D eigenvalue weighted by atomic mass is 9.99. The van der Waals surface area contributed by atoms with Crippen molar-refractivity contribution in [1.29, 1.82) is 0 Å². The van der Waals surface area contributed by atoms with E-state index in [4.69, 9.17) is 0 Å². The zero-order chi connectivity index (χ0) is 9.80. The Kier molecular flexibility index (Phi) is 3.14. The molecule has 0 saturated carbocycles. The van der Waals surface area contributed by atoms with Gasteiger partial charge in [0.2, 0.25) is 0 Å². The molecule has 1 fully saturated rings. The fraction of sp³-hybridized carbons (Fsp3) is 0.583. The van der Waals surface area contributed by atoms with E-state index in [1.54, 1.807) is 0 Å². The fourth-order valence-corrected chi connectivity index (χ4v) is 2.28. The lowest BCUT2D eigenvalue weighted by molar-refractivity contribution is 0.154. The second kappa shape index (κ2) is 4.56. The number of likely N-dealkylation sites (tertiary alicyclic amines) is 1. The average molecular weight is 190 g/mol. The van der Waals surface area contributed by atoms with E-state index >= 15 is 0 Å². The maximum absolute atomic E-state index is 4.46. The van der Waals surface area contributed by atoms with Crippen molar-refractivity contribution in [3.63, 3.8) is 0 Å². The van der Waals surface area contributed by atoms with Crippen LogP contribution in [0.3, 0.4) is 0 Å². The number of pyridine rings is 1. The van der Waals surface area contributed by atoms with E-state index in [1.807, 2.05) is 12.3 Å². The Hall–Kier alpha value is -0.890. The molecule has 1 atom stereocenters. The highest BCUT2D eigenvalue weighted by atomic mass is 15.2. The zero-order valence-electron chi connectivity index (χ0n) is 8.82. The van der Waals surface area contributed by atoms with Crippen LogP contribution in [0.4, 0.5) is 0 Å². The molecule has 0 aliphatic carbocycles. The lowest BCUT2D eigenvalue weighted by Crippen LogP contribution is -2.33. The van der Waals surface area contributed by atoms with Gasteiger partial charge in [0.05, 0.1) is 11.7 Å². The molecule has 0 spiro atoms. The minimum absolute atomic E-state index is 0.565. The quantitative estimate of drug-likeness (QED) is 0.712. The van der Waals surface area contributed by atoms with Crippen molar-refractivity contribution in [2.75, 3.05) is 13.1 Å². The van der Waals surface area contributed by atoms with Crippen molar-refractivity contribution >= 4 is 0 Å². The predicted molar refractivity (Wildman–Crippen MR) is 58.1 cm³/mol. The summed E-state index contributed by atoms with van der Waals surface area (Å²) in [4.78, 5) is 6.99. The van der Waals surface area contributed by atoms with Gasteiger partial charge in [-0.15, -0.1) is 0 Å². The predicted octanol–water partition coefficient (Wildman–Crippen LogP) is 2.63. The molecule has 1 aromatic heterocycles. The zero-order valence-corrected chi connectivity index (χ0v) is 8.82. The smallest absolute Gasteiger partial charge is 0.0575 e. The Morgan fingerprint density at radius 3 is 3.07 bits per heavy atom. The second-order valence-corrected chi connectivity index (χ2v) is 3.89. The first-order chi connectivity index (χ1) is 6.92. The van der Waals surface area contributed by atoms with Crippen LogP contribution in [-0.4, -0.2) is 23.0 Å². The molecule has 0 radical (unpaired) electrons. The summed E-state index contributed by atoms with van der Waals surface area (Å²) in [5, 5.41) is 0. The van der Waals surface area contributed by atoms with Crippen LogP contribution in [0, 0.1) is 0 Å². The number of aromatic nitrogens is 1. The van der Waals surface area contributed by atoms with Gasteiger partial charge in [-0.05, 0) is 38.1 Å². The van der Waals surface area contributed by atoms with E-state index in [1.165, 1.54) is 31.5 Å². The molecule has 0 bridgehead atoms. The number of piperidine rings is 1. The third-order valence-electron chi connectivity index (χ3n) is 3.05. The summed E-state index contributed by atoms with van der Waals surface area (Å²) >= 11 is 0. The van der Waals surface area contributed by atoms with Gasteiger partial charge in [0, 0.05) is 6.20 Å². The lowest BCUT2D eigenvalue weighted by Gasteiger charge is -2.34. The maximum atomic E-state index is 4.46. The van der Waals surface area contributed by atoms with Crippen molar-refractivity contribution < 1.29 is 0 Å². The number of hydrogen-bond donors (Lipinski definition) is 0. The molecule has 2 heterocycles. The Labute approximate surface area is 86.0 Å². The molecule has 14 heavy (non-hydrogen) atoms. The summed E-state index contributed by atoms with van der Waals surface area (Å²) in [5.74, 6) is 0. The maximum Gasteiger partial charge on any atom is 0.0575 e. The third-order valence-corrected chi connectivity index (χ3v) is 3.05. The molecule has 1 aromatic rings. The van der Waals surface area contributed by atoms with Crippen molar-refractivity contribution in [3.05, 3.63) is 30.1 Å². The van der Waals surface area contributed by atoms with Crippen LogP contribution >= 0.6 is 0 Å². The minimum Gasteiger partial charge on any atom is -0.295 e. The van der Waals surface area contributed by atoms with Gasteiger partial charge in [0.15, 0.2) is 0 Å². The number of rotatable bonds is 2. The van der Waals surface area contributed by atoms with Gasteiger partial charge in [-0.2, -0.15) is 0 Å². The van der Waals surface area contributed by atoms with E-state index < -0.39 is 0 Å². The monoisotopic (exact) mass is 190 g/mol. The molecule has 2 nitrogen and oxygen atoms in total. The van der Waals surface area contributed by atoms with E-state index in [-0.39, 0.29) is 0 Å². The van der Waals surface area contributed by atoms with Crippen LogP contribution in [0.2, 0.25) is 0 Å². The molecular formula is C12H18N2. The highest BCUT2D eigenvalue weighted by Crippen LogP contribution is 2.28. The molecule has 76 valence electrons. The standard InChI is InChI=1S/C12H18N2/c1-2-14-10-6-4-8-12(14)11-7-3-5-9-13-11/h3,5,7,9,12H,2,4,6,8,10H2,1H3/t12-/m1/s1. The van der Waals surface area contributed by atoms with Crippen LogP contribution in [0.5, 0.6) is 0 Å². The van der Waals surface area contributed by atoms with Crippen molar-refractivity contribution in [2.24, 2.45) is 0 Å². The topological polar surface area (TPSA) is 16.1 Å². The largest absolute Gasteiger partial charge is 0.295 e. The van der Waals surface area contributed by atoms with Crippen molar-refractivity contribution in [1.82, 2.24) is 9.88 Å². The minimum atomic E-state index is 0.565. The van der Waals surface area contributed by atoms with Crippen LogP contribution < -0.4 is 0 Å².